The van der Waals surface area contributed by atoms with Crippen molar-refractivity contribution < 1.29 is 13.9 Å². The number of piperidine rings is 1. The average molecular weight is 763 g/mol. The molecule has 0 saturated carbocycles. The minimum absolute atomic E-state index is 0.200. The van der Waals surface area contributed by atoms with E-state index in [-0.39, 0.29) is 23.6 Å². The molecule has 5 aromatic rings. The molecular formula is C43H55FN10O2. The average Bonchev–Trinajstić information content (AvgIpc) is 3.79. The quantitative estimate of drug-likeness (QED) is 0.166. The molecule has 2 fully saturated rings. The largest absolute Gasteiger partial charge is 0.484 e. The molecule has 8 rings (SSSR count). The Morgan fingerprint density at radius 3 is 2.41 bits per heavy atom. The van der Waals surface area contributed by atoms with Crippen molar-refractivity contribution in [1.29, 1.82) is 0 Å². The number of ether oxygens (including phenoxy) is 1. The highest BCUT2D eigenvalue weighted by molar-refractivity contribution is 5.89. The normalized spacial score (nSPS) is 22.2. The van der Waals surface area contributed by atoms with Crippen molar-refractivity contribution in [2.24, 2.45) is 0 Å². The maximum atomic E-state index is 15.6. The van der Waals surface area contributed by atoms with Crippen LogP contribution >= 0.6 is 0 Å². The Hall–Kier alpha value is -5.01. The monoisotopic (exact) mass is 762 g/mol. The fourth-order valence-corrected chi connectivity index (χ4v) is 8.52. The first kappa shape index (κ1) is 37.9. The summed E-state index contributed by atoms with van der Waals surface area (Å²) in [7, 11) is 2.13. The van der Waals surface area contributed by atoms with E-state index in [1.807, 2.05) is 53.1 Å². The number of amides is 2. The fourth-order valence-electron chi connectivity index (χ4n) is 8.52. The van der Waals surface area contributed by atoms with Gasteiger partial charge in [-0.2, -0.15) is 5.10 Å². The molecular weight excluding hydrogens is 708 g/mol. The lowest BCUT2D eigenvalue weighted by Crippen LogP contribution is -2.44. The first-order chi connectivity index (χ1) is 26.9. The number of benzene rings is 2. The van der Waals surface area contributed by atoms with Gasteiger partial charge in [-0.3, -0.25) is 14.6 Å². The van der Waals surface area contributed by atoms with Crippen LogP contribution < -0.4 is 20.3 Å². The maximum absolute atomic E-state index is 15.6. The van der Waals surface area contributed by atoms with Crippen LogP contribution in [0.2, 0.25) is 0 Å². The summed E-state index contributed by atoms with van der Waals surface area (Å²) >= 11 is 0. The van der Waals surface area contributed by atoms with Crippen molar-refractivity contribution in [2.75, 3.05) is 43.4 Å². The molecule has 12 nitrogen and oxygen atoms in total. The van der Waals surface area contributed by atoms with Gasteiger partial charge in [0, 0.05) is 56.3 Å². The number of urea groups is 1. The molecule has 0 bridgehead atoms. The molecule has 0 radical (unpaired) electrons. The van der Waals surface area contributed by atoms with E-state index in [2.05, 4.69) is 89.3 Å². The minimum atomic E-state index is -0.401. The molecule has 2 saturated heterocycles. The number of anilines is 2. The molecule has 2 N–H and O–H groups in total. The van der Waals surface area contributed by atoms with Gasteiger partial charge in [0.05, 0.1) is 17.9 Å². The number of fused-ring (bicyclic) bond motifs is 2. The first-order valence-electron chi connectivity index (χ1n) is 20.2. The molecule has 0 unspecified atom stereocenters. The van der Waals surface area contributed by atoms with Crippen LogP contribution in [-0.2, 0) is 12.0 Å². The van der Waals surface area contributed by atoms with E-state index in [9.17, 15) is 4.79 Å². The van der Waals surface area contributed by atoms with Crippen LogP contribution in [0.15, 0.2) is 66.9 Å². The Labute approximate surface area is 329 Å². The molecule has 2 amide bonds. The zero-order valence-corrected chi connectivity index (χ0v) is 33.5. The van der Waals surface area contributed by atoms with Crippen molar-refractivity contribution >= 4 is 23.4 Å². The second-order valence-corrected chi connectivity index (χ2v) is 17.0. The van der Waals surface area contributed by atoms with Gasteiger partial charge in [-0.05, 0) is 94.0 Å². The number of hydrogen-bond acceptors (Lipinski definition) is 8. The molecule has 56 heavy (non-hydrogen) atoms. The van der Waals surface area contributed by atoms with Gasteiger partial charge in [-0.1, -0.05) is 51.1 Å². The van der Waals surface area contributed by atoms with Crippen LogP contribution in [0.4, 0.5) is 21.0 Å². The Morgan fingerprint density at radius 2 is 1.66 bits per heavy atom. The third kappa shape index (κ3) is 7.84. The third-order valence-corrected chi connectivity index (χ3v) is 11.8. The Kier molecular flexibility index (Phi) is 10.5. The zero-order valence-electron chi connectivity index (χ0n) is 33.5. The predicted octanol–water partition coefficient (Wildman–Crippen LogP) is 7.64. The van der Waals surface area contributed by atoms with Crippen molar-refractivity contribution in [3.05, 3.63) is 95.1 Å². The van der Waals surface area contributed by atoms with Crippen LogP contribution in [-0.4, -0.2) is 85.5 Å². The highest BCUT2D eigenvalue weighted by Crippen LogP contribution is 2.39. The van der Waals surface area contributed by atoms with Crippen LogP contribution in [0, 0.1) is 5.82 Å². The van der Waals surface area contributed by atoms with Crippen LogP contribution in [0.5, 0.6) is 5.75 Å². The minimum Gasteiger partial charge on any atom is -0.484 e. The van der Waals surface area contributed by atoms with Gasteiger partial charge in [0.25, 0.3) is 0 Å². The molecule has 3 aromatic heterocycles. The number of aromatic nitrogens is 5. The van der Waals surface area contributed by atoms with Crippen molar-refractivity contribution in [3.8, 4) is 11.4 Å². The number of likely N-dealkylation sites (N-methyl/N-ethyl adjacent to an activating group) is 1. The standard InChI is InChI=1S/C43H55FN10O2/c1-28-10-9-11-29(2)53(28)42-48-47-39-19-15-31(27-52(39)42)56-37-18-17-35(32-12-7-8-13-33(32)37)45-41(55)46-40-25-38(43(3,4)5)49-54(40)36-24-30(14-16-34(36)44)26-51-22-20-50(6)21-23-51/h7-8,12-16,19,24-25,27-29,35,37H,9-11,17-18,20-23,26H2,1-6H3,(H2,45,46,55)/t28-,29+,35-,37+/m0/s1. The Bertz CT molecular complexity index is 2170. The summed E-state index contributed by atoms with van der Waals surface area (Å²) < 4.78 is 25.9. The summed E-state index contributed by atoms with van der Waals surface area (Å²) in [6.07, 6.45) is 6.66. The number of nitrogens with one attached hydrogen (secondary N) is 2. The number of nitrogens with zero attached hydrogens (tertiary/aromatic N) is 8. The second kappa shape index (κ2) is 15.5. The third-order valence-electron chi connectivity index (χ3n) is 11.8. The van der Waals surface area contributed by atoms with Crippen LogP contribution in [0.1, 0.15) is 101 Å². The highest BCUT2D eigenvalue weighted by atomic mass is 19.1. The highest BCUT2D eigenvalue weighted by Gasteiger charge is 2.32. The summed E-state index contributed by atoms with van der Waals surface area (Å²) in [6, 6.07) is 19.2. The van der Waals surface area contributed by atoms with E-state index in [0.717, 1.165) is 85.3 Å². The van der Waals surface area contributed by atoms with Gasteiger partial charge < -0.3 is 19.9 Å². The maximum Gasteiger partial charge on any atom is 0.320 e. The topological polar surface area (TPSA) is 108 Å². The lowest BCUT2D eigenvalue weighted by molar-refractivity contribution is 0.148. The van der Waals surface area contributed by atoms with E-state index in [1.165, 1.54) is 17.2 Å². The molecule has 5 heterocycles. The van der Waals surface area contributed by atoms with E-state index in [1.54, 1.807) is 0 Å². The molecule has 3 aliphatic rings. The second-order valence-electron chi connectivity index (χ2n) is 17.0. The van der Waals surface area contributed by atoms with Crippen molar-refractivity contribution in [2.45, 2.75) is 103 Å². The summed E-state index contributed by atoms with van der Waals surface area (Å²) in [5.74, 6) is 1.59. The summed E-state index contributed by atoms with van der Waals surface area (Å²) in [6.45, 7) is 15.3. The van der Waals surface area contributed by atoms with Crippen LogP contribution in [0.25, 0.3) is 11.3 Å². The number of carbonyl (C=O) groups excluding carboxylic acids is 1. The van der Waals surface area contributed by atoms with Gasteiger partial charge in [-0.25, -0.2) is 13.9 Å². The number of pyridine rings is 1. The number of hydrogen-bond donors (Lipinski definition) is 2. The summed E-state index contributed by atoms with van der Waals surface area (Å²) in [5, 5.41) is 20.1. The van der Waals surface area contributed by atoms with Crippen LogP contribution in [0.3, 0.4) is 0 Å². The Balaban J connectivity index is 0.996. The number of halogens is 1. The van der Waals surface area contributed by atoms with E-state index >= 15 is 4.39 Å². The smallest absolute Gasteiger partial charge is 0.320 e. The fraction of sp³-hybridized carbons (Fsp3) is 0.488. The summed E-state index contributed by atoms with van der Waals surface area (Å²) in [5.41, 5.74) is 4.55. The predicted molar refractivity (Wildman–Crippen MR) is 217 cm³/mol. The van der Waals surface area contributed by atoms with Gasteiger partial charge >= 0.3 is 6.03 Å². The molecule has 1 aliphatic carbocycles. The van der Waals surface area contributed by atoms with Gasteiger partial charge in [0.1, 0.15) is 29.2 Å². The van der Waals surface area contributed by atoms with Gasteiger partial charge in [0.2, 0.25) is 5.95 Å². The van der Waals surface area contributed by atoms with E-state index in [0.29, 0.717) is 36.4 Å². The van der Waals surface area contributed by atoms with E-state index in [4.69, 9.17) is 9.84 Å². The molecule has 4 atom stereocenters. The van der Waals surface area contributed by atoms with Gasteiger partial charge in [0.15, 0.2) is 5.65 Å². The zero-order chi connectivity index (χ0) is 39.1. The molecule has 13 heteroatoms. The molecule has 296 valence electrons. The lowest BCUT2D eigenvalue weighted by atomic mass is 9.85. The number of rotatable bonds is 8. The lowest BCUT2D eigenvalue weighted by Gasteiger charge is -2.39. The van der Waals surface area contributed by atoms with Crippen molar-refractivity contribution in [1.82, 2.24) is 39.5 Å². The SMILES string of the molecule is C[C@@H]1CCC[C@H](C)N1c1nnc2ccc(O[C@@H]3CC[C@H](NC(=O)Nc4cc(C(C)(C)C)nn4-c4cc(CN5CCN(C)CC5)ccc4F)c4ccccc43)cn12. The number of piperazine rings is 1. The first-order valence-corrected chi connectivity index (χ1v) is 20.2. The van der Waals surface area contributed by atoms with E-state index < -0.39 is 5.82 Å². The Morgan fingerprint density at radius 1 is 0.911 bits per heavy atom. The molecule has 2 aliphatic heterocycles. The molecule has 2 aromatic carbocycles. The number of carbonyl (C=O) groups is 1. The molecule has 0 spiro atoms. The van der Waals surface area contributed by atoms with Gasteiger partial charge in [-0.15, -0.1) is 10.2 Å². The summed E-state index contributed by atoms with van der Waals surface area (Å²) in [4.78, 5) is 20.9. The van der Waals surface area contributed by atoms with Crippen molar-refractivity contribution in [3.63, 3.8) is 0 Å².